The molecule has 0 amide bonds. The van der Waals surface area contributed by atoms with Crippen molar-refractivity contribution >= 4 is 0 Å². The first kappa shape index (κ1) is 14.3. The van der Waals surface area contributed by atoms with Crippen LogP contribution in [0.5, 0.6) is 0 Å². The highest BCUT2D eigenvalue weighted by Crippen LogP contribution is 2.26. The van der Waals surface area contributed by atoms with Gasteiger partial charge in [0.05, 0.1) is 0 Å². The van der Waals surface area contributed by atoms with Gasteiger partial charge in [-0.15, -0.1) is 0 Å². The molecule has 3 nitrogen and oxygen atoms in total. The van der Waals surface area contributed by atoms with Gasteiger partial charge in [-0.25, -0.2) is 0 Å². The molecule has 0 aliphatic carbocycles. The van der Waals surface area contributed by atoms with Gasteiger partial charge in [-0.05, 0) is 39.3 Å². The van der Waals surface area contributed by atoms with E-state index in [0.29, 0.717) is 12.5 Å². The summed E-state index contributed by atoms with van der Waals surface area (Å²) >= 11 is 0. The van der Waals surface area contributed by atoms with E-state index in [0.717, 1.165) is 30.0 Å². The maximum absolute atomic E-state index is 10.4. The average molecular weight is 239 g/mol. The second-order valence-corrected chi connectivity index (χ2v) is 5.25. The van der Waals surface area contributed by atoms with Crippen LogP contribution in [-0.4, -0.2) is 18.2 Å². The standard InChI is InChI=1S/C14H25NO2/c1-6-10(2)8-15-9-14(5,16)13-7-11(3)17-12(13)4/h7,10,15-16H,6,8-9H2,1-5H3. The van der Waals surface area contributed by atoms with Gasteiger partial charge in [-0.1, -0.05) is 20.3 Å². The fourth-order valence-corrected chi connectivity index (χ4v) is 1.97. The lowest BCUT2D eigenvalue weighted by Gasteiger charge is -2.24. The number of aryl methyl sites for hydroxylation is 2. The fourth-order valence-electron chi connectivity index (χ4n) is 1.97. The topological polar surface area (TPSA) is 45.4 Å². The maximum atomic E-state index is 10.4. The first-order chi connectivity index (χ1) is 7.86. The van der Waals surface area contributed by atoms with Gasteiger partial charge in [-0.2, -0.15) is 0 Å². The molecule has 0 saturated heterocycles. The van der Waals surface area contributed by atoms with Crippen molar-refractivity contribution < 1.29 is 9.52 Å². The number of rotatable bonds is 6. The van der Waals surface area contributed by atoms with Gasteiger partial charge < -0.3 is 14.8 Å². The van der Waals surface area contributed by atoms with Crippen LogP contribution in [0.25, 0.3) is 0 Å². The zero-order valence-corrected chi connectivity index (χ0v) is 11.6. The number of nitrogens with one attached hydrogen (secondary N) is 1. The summed E-state index contributed by atoms with van der Waals surface area (Å²) in [4.78, 5) is 0. The minimum absolute atomic E-state index is 0.553. The van der Waals surface area contributed by atoms with E-state index in [1.165, 1.54) is 0 Å². The van der Waals surface area contributed by atoms with Crippen LogP contribution < -0.4 is 5.32 Å². The predicted molar refractivity (Wildman–Crippen MR) is 70.1 cm³/mol. The van der Waals surface area contributed by atoms with E-state index in [2.05, 4.69) is 19.2 Å². The van der Waals surface area contributed by atoms with E-state index in [9.17, 15) is 5.11 Å². The van der Waals surface area contributed by atoms with Crippen LogP contribution in [0.4, 0.5) is 0 Å². The van der Waals surface area contributed by atoms with Crippen molar-refractivity contribution in [2.24, 2.45) is 5.92 Å². The van der Waals surface area contributed by atoms with Crippen molar-refractivity contribution in [3.63, 3.8) is 0 Å². The SMILES string of the molecule is CCC(C)CNCC(C)(O)c1cc(C)oc1C. The summed E-state index contributed by atoms with van der Waals surface area (Å²) in [5.74, 6) is 2.29. The van der Waals surface area contributed by atoms with Crippen LogP contribution in [0, 0.1) is 19.8 Å². The van der Waals surface area contributed by atoms with Crippen LogP contribution in [0.1, 0.15) is 44.3 Å². The van der Waals surface area contributed by atoms with Crippen molar-refractivity contribution in [1.29, 1.82) is 0 Å². The highest BCUT2D eigenvalue weighted by molar-refractivity contribution is 5.26. The van der Waals surface area contributed by atoms with Crippen molar-refractivity contribution in [2.75, 3.05) is 13.1 Å². The van der Waals surface area contributed by atoms with E-state index in [1.807, 2.05) is 26.8 Å². The summed E-state index contributed by atoms with van der Waals surface area (Å²) in [5.41, 5.74) is 0.0154. The summed E-state index contributed by atoms with van der Waals surface area (Å²) in [5, 5.41) is 13.8. The molecule has 0 aromatic carbocycles. The lowest BCUT2D eigenvalue weighted by Crippen LogP contribution is -2.37. The van der Waals surface area contributed by atoms with Crippen LogP contribution in [0.15, 0.2) is 10.5 Å². The van der Waals surface area contributed by atoms with Crippen LogP contribution >= 0.6 is 0 Å². The molecule has 1 heterocycles. The molecular weight excluding hydrogens is 214 g/mol. The van der Waals surface area contributed by atoms with Gasteiger partial charge >= 0.3 is 0 Å². The van der Waals surface area contributed by atoms with Crippen LogP contribution in [0.2, 0.25) is 0 Å². The van der Waals surface area contributed by atoms with E-state index in [1.54, 1.807) is 0 Å². The molecule has 98 valence electrons. The molecule has 0 fully saturated rings. The van der Waals surface area contributed by atoms with Crippen molar-refractivity contribution in [1.82, 2.24) is 5.32 Å². The molecule has 2 unspecified atom stereocenters. The van der Waals surface area contributed by atoms with Gasteiger partial charge in [0.1, 0.15) is 17.1 Å². The Morgan fingerprint density at radius 3 is 2.59 bits per heavy atom. The van der Waals surface area contributed by atoms with Gasteiger partial charge in [0.15, 0.2) is 0 Å². The third kappa shape index (κ3) is 3.86. The molecule has 17 heavy (non-hydrogen) atoms. The Hall–Kier alpha value is -0.800. The molecule has 1 rings (SSSR count). The molecule has 3 heteroatoms. The van der Waals surface area contributed by atoms with E-state index in [4.69, 9.17) is 4.42 Å². The Bertz CT molecular complexity index is 355. The van der Waals surface area contributed by atoms with Crippen molar-refractivity contribution in [2.45, 2.75) is 46.6 Å². The van der Waals surface area contributed by atoms with Gasteiger partial charge in [0.2, 0.25) is 0 Å². The third-order valence-corrected chi connectivity index (χ3v) is 3.28. The largest absolute Gasteiger partial charge is 0.466 e. The van der Waals surface area contributed by atoms with Crippen LogP contribution in [0.3, 0.4) is 0 Å². The van der Waals surface area contributed by atoms with E-state index < -0.39 is 5.60 Å². The average Bonchev–Trinajstić information content (AvgIpc) is 2.58. The second-order valence-electron chi connectivity index (χ2n) is 5.25. The maximum Gasteiger partial charge on any atom is 0.107 e. The quantitative estimate of drug-likeness (QED) is 0.802. The predicted octanol–water partition coefficient (Wildman–Crippen LogP) is 2.74. The third-order valence-electron chi connectivity index (χ3n) is 3.28. The summed E-state index contributed by atoms with van der Waals surface area (Å²) in [7, 11) is 0. The Balaban J connectivity index is 2.59. The molecule has 0 spiro atoms. The summed E-state index contributed by atoms with van der Waals surface area (Å²) < 4.78 is 5.46. The first-order valence-corrected chi connectivity index (χ1v) is 6.37. The van der Waals surface area contributed by atoms with Gasteiger partial charge in [0, 0.05) is 12.1 Å². The van der Waals surface area contributed by atoms with E-state index in [-0.39, 0.29) is 0 Å². The lowest BCUT2D eigenvalue weighted by molar-refractivity contribution is 0.0547. The number of furan rings is 1. The second kappa shape index (κ2) is 5.69. The fraction of sp³-hybridized carbons (Fsp3) is 0.714. The molecule has 0 radical (unpaired) electrons. The van der Waals surface area contributed by atoms with Crippen LogP contribution in [-0.2, 0) is 5.60 Å². The van der Waals surface area contributed by atoms with Crippen molar-refractivity contribution in [3.8, 4) is 0 Å². The molecule has 0 aliphatic heterocycles. The zero-order chi connectivity index (χ0) is 13.1. The molecule has 0 aliphatic rings. The zero-order valence-electron chi connectivity index (χ0n) is 11.6. The number of hydrogen-bond acceptors (Lipinski definition) is 3. The van der Waals surface area contributed by atoms with Crippen molar-refractivity contribution in [3.05, 3.63) is 23.2 Å². The molecule has 2 N–H and O–H groups in total. The van der Waals surface area contributed by atoms with Gasteiger partial charge in [0.25, 0.3) is 0 Å². The lowest BCUT2D eigenvalue weighted by atomic mass is 9.96. The molecule has 1 aromatic heterocycles. The van der Waals surface area contributed by atoms with Gasteiger partial charge in [-0.3, -0.25) is 0 Å². The Labute approximate surface area is 104 Å². The molecular formula is C14H25NO2. The number of hydrogen-bond donors (Lipinski definition) is 2. The highest BCUT2D eigenvalue weighted by atomic mass is 16.3. The Morgan fingerprint density at radius 1 is 1.47 bits per heavy atom. The minimum Gasteiger partial charge on any atom is -0.466 e. The minimum atomic E-state index is -0.866. The monoisotopic (exact) mass is 239 g/mol. The van der Waals surface area contributed by atoms with E-state index >= 15 is 0 Å². The summed E-state index contributed by atoms with van der Waals surface area (Å²) in [6.07, 6.45) is 1.15. The molecule has 1 aromatic rings. The molecule has 0 saturated carbocycles. The molecule has 2 atom stereocenters. The number of aliphatic hydroxyl groups is 1. The summed E-state index contributed by atoms with van der Waals surface area (Å²) in [6, 6.07) is 1.92. The first-order valence-electron chi connectivity index (χ1n) is 6.37. The Kier molecular flexibility index (Phi) is 4.78. The Morgan fingerprint density at radius 2 is 2.12 bits per heavy atom. The summed E-state index contributed by atoms with van der Waals surface area (Å²) in [6.45, 7) is 11.5. The molecule has 0 bridgehead atoms. The normalized spacial score (nSPS) is 16.8. The highest BCUT2D eigenvalue weighted by Gasteiger charge is 2.27. The smallest absolute Gasteiger partial charge is 0.107 e.